The lowest BCUT2D eigenvalue weighted by atomic mass is 9.83. The van der Waals surface area contributed by atoms with E-state index in [1.807, 2.05) is 52.0 Å². The van der Waals surface area contributed by atoms with Crippen molar-refractivity contribution in [2.45, 2.75) is 46.0 Å². The molecule has 3 rings (SSSR count). The summed E-state index contributed by atoms with van der Waals surface area (Å²) < 4.78 is 13.2. The second kappa shape index (κ2) is 10.9. The van der Waals surface area contributed by atoms with Gasteiger partial charge < -0.3 is 10.0 Å². The lowest BCUT2D eigenvalue weighted by Crippen LogP contribution is -2.46. The Morgan fingerprint density at radius 3 is 2.19 bits per heavy atom. The number of carboxylic acids is 1. The van der Waals surface area contributed by atoms with E-state index in [4.69, 9.17) is 0 Å². The van der Waals surface area contributed by atoms with Crippen molar-refractivity contribution < 1.29 is 19.1 Å². The molecular weight excluding hydrogens is 393 g/mol. The summed E-state index contributed by atoms with van der Waals surface area (Å²) in [7, 11) is 0. The molecule has 0 bridgehead atoms. The van der Waals surface area contributed by atoms with Gasteiger partial charge >= 0.3 is 5.97 Å². The van der Waals surface area contributed by atoms with Gasteiger partial charge in [-0.15, -0.1) is 0 Å². The van der Waals surface area contributed by atoms with Gasteiger partial charge in [-0.3, -0.25) is 9.59 Å². The number of carboxylic acid groups (broad SMARTS) is 1. The molecular formula is C26H32FNO3. The zero-order chi connectivity index (χ0) is 23.1. The van der Waals surface area contributed by atoms with Crippen LogP contribution in [0.2, 0.25) is 0 Å². The molecule has 1 aliphatic rings. The number of carbonyl (C=O) groups is 2. The predicted molar refractivity (Wildman–Crippen MR) is 122 cm³/mol. The molecule has 2 aromatic carbocycles. The van der Waals surface area contributed by atoms with Crippen molar-refractivity contribution in [3.05, 3.63) is 83.2 Å². The Balaban J connectivity index is 0.00000166. The highest BCUT2D eigenvalue weighted by Crippen LogP contribution is 2.33. The minimum absolute atomic E-state index is 0.0386. The lowest BCUT2D eigenvalue weighted by Gasteiger charge is -2.37. The molecule has 0 spiro atoms. The van der Waals surface area contributed by atoms with Crippen molar-refractivity contribution in [3.8, 4) is 0 Å². The van der Waals surface area contributed by atoms with Gasteiger partial charge in [0.1, 0.15) is 5.82 Å². The fourth-order valence-electron chi connectivity index (χ4n) is 3.86. The number of piperidine rings is 1. The summed E-state index contributed by atoms with van der Waals surface area (Å²) in [6.07, 6.45) is 0.502. The standard InChI is InChI=1S/C24H26FNO3.C2H6/c1-15-4-6-19(7-5-15)20-12-21(24(28)29)14-26(13-20)23(27)17(3)16(2)18-8-10-22(25)11-9-18;1-2/h4-11,16,20-21H,3,12-14H2,1-2H3,(H,28,29);1-2H3. The van der Waals surface area contributed by atoms with Gasteiger partial charge in [-0.25, -0.2) is 4.39 Å². The topological polar surface area (TPSA) is 57.6 Å². The van der Waals surface area contributed by atoms with E-state index in [9.17, 15) is 19.1 Å². The Hall–Kier alpha value is -2.95. The molecule has 31 heavy (non-hydrogen) atoms. The van der Waals surface area contributed by atoms with Gasteiger partial charge in [-0.2, -0.15) is 0 Å². The first-order valence-electron chi connectivity index (χ1n) is 10.8. The molecule has 0 saturated carbocycles. The van der Waals surface area contributed by atoms with Gasteiger partial charge in [0.2, 0.25) is 5.91 Å². The average Bonchev–Trinajstić information content (AvgIpc) is 2.79. The van der Waals surface area contributed by atoms with Crippen molar-refractivity contribution in [3.63, 3.8) is 0 Å². The molecule has 3 unspecified atom stereocenters. The first kappa shape index (κ1) is 24.3. The van der Waals surface area contributed by atoms with Crippen molar-refractivity contribution in [1.82, 2.24) is 4.90 Å². The molecule has 5 heteroatoms. The second-order valence-corrected chi connectivity index (χ2v) is 7.89. The van der Waals surface area contributed by atoms with E-state index < -0.39 is 11.9 Å². The third-order valence-corrected chi connectivity index (χ3v) is 5.80. The van der Waals surface area contributed by atoms with Gasteiger partial charge in [-0.1, -0.05) is 69.3 Å². The number of rotatable bonds is 5. The van der Waals surface area contributed by atoms with Crippen LogP contribution in [-0.4, -0.2) is 35.0 Å². The highest BCUT2D eigenvalue weighted by molar-refractivity contribution is 5.94. The number of carbonyl (C=O) groups excluding carboxylic acids is 1. The van der Waals surface area contributed by atoms with E-state index in [-0.39, 0.29) is 30.1 Å². The monoisotopic (exact) mass is 425 g/mol. The van der Waals surface area contributed by atoms with Crippen LogP contribution in [0.5, 0.6) is 0 Å². The summed E-state index contributed by atoms with van der Waals surface area (Å²) in [4.78, 5) is 26.5. The van der Waals surface area contributed by atoms with E-state index >= 15 is 0 Å². The van der Waals surface area contributed by atoms with Crippen LogP contribution in [0.25, 0.3) is 0 Å². The van der Waals surface area contributed by atoms with Crippen molar-refractivity contribution >= 4 is 11.9 Å². The molecule has 1 saturated heterocycles. The zero-order valence-electron chi connectivity index (χ0n) is 18.8. The van der Waals surface area contributed by atoms with E-state index in [0.717, 1.165) is 16.7 Å². The molecule has 1 amide bonds. The van der Waals surface area contributed by atoms with E-state index in [1.54, 1.807) is 17.0 Å². The first-order chi connectivity index (χ1) is 14.8. The summed E-state index contributed by atoms with van der Waals surface area (Å²) >= 11 is 0. The molecule has 1 heterocycles. The van der Waals surface area contributed by atoms with Crippen molar-refractivity contribution in [2.24, 2.45) is 5.92 Å². The smallest absolute Gasteiger partial charge is 0.308 e. The SMILES string of the molecule is C=C(C(=O)N1CC(C(=O)O)CC(c2ccc(C)cc2)C1)C(C)c1ccc(F)cc1.CC. The van der Waals surface area contributed by atoms with E-state index in [0.29, 0.717) is 18.5 Å². The molecule has 2 aromatic rings. The Morgan fingerprint density at radius 1 is 1.06 bits per heavy atom. The Bertz CT molecular complexity index is 905. The van der Waals surface area contributed by atoms with Crippen LogP contribution in [0.4, 0.5) is 4.39 Å². The number of likely N-dealkylation sites (tertiary alicyclic amines) is 1. The number of amides is 1. The molecule has 1 aliphatic heterocycles. The van der Waals surface area contributed by atoms with Crippen LogP contribution in [0, 0.1) is 18.7 Å². The van der Waals surface area contributed by atoms with Crippen LogP contribution >= 0.6 is 0 Å². The van der Waals surface area contributed by atoms with Crippen molar-refractivity contribution in [2.75, 3.05) is 13.1 Å². The highest BCUT2D eigenvalue weighted by atomic mass is 19.1. The molecule has 1 fully saturated rings. The fraction of sp³-hybridized carbons (Fsp3) is 0.385. The summed E-state index contributed by atoms with van der Waals surface area (Å²) in [6, 6.07) is 14.0. The normalized spacial score (nSPS) is 19.1. The molecule has 0 aromatic heterocycles. The van der Waals surface area contributed by atoms with Gasteiger partial charge in [0.25, 0.3) is 0 Å². The molecule has 0 aliphatic carbocycles. The third kappa shape index (κ3) is 6.03. The van der Waals surface area contributed by atoms with Gasteiger partial charge in [0.05, 0.1) is 5.92 Å². The number of halogens is 1. The van der Waals surface area contributed by atoms with Gasteiger partial charge in [-0.05, 0) is 36.6 Å². The molecule has 1 N–H and O–H groups in total. The maximum Gasteiger partial charge on any atom is 0.308 e. The van der Waals surface area contributed by atoms with E-state index in [1.165, 1.54) is 12.1 Å². The van der Waals surface area contributed by atoms with Crippen LogP contribution in [-0.2, 0) is 9.59 Å². The number of benzene rings is 2. The highest BCUT2D eigenvalue weighted by Gasteiger charge is 2.35. The average molecular weight is 426 g/mol. The Labute approximate surface area is 184 Å². The number of aryl methyl sites for hydroxylation is 1. The fourth-order valence-corrected chi connectivity index (χ4v) is 3.86. The van der Waals surface area contributed by atoms with Crippen LogP contribution in [0.3, 0.4) is 0 Å². The number of hydrogen-bond donors (Lipinski definition) is 1. The minimum atomic E-state index is -0.892. The van der Waals surface area contributed by atoms with Crippen LogP contribution < -0.4 is 0 Å². The van der Waals surface area contributed by atoms with E-state index in [2.05, 4.69) is 6.58 Å². The maximum atomic E-state index is 13.2. The quantitative estimate of drug-likeness (QED) is 0.640. The van der Waals surface area contributed by atoms with Crippen molar-refractivity contribution in [1.29, 1.82) is 0 Å². The second-order valence-electron chi connectivity index (χ2n) is 7.89. The summed E-state index contributed by atoms with van der Waals surface area (Å²) in [6.45, 7) is 12.5. The van der Waals surface area contributed by atoms with Crippen LogP contribution in [0.1, 0.15) is 55.7 Å². The number of nitrogens with zero attached hydrogens (tertiary/aromatic N) is 1. The first-order valence-corrected chi connectivity index (χ1v) is 10.8. The summed E-state index contributed by atoms with van der Waals surface area (Å²) in [5, 5.41) is 9.60. The molecule has 0 radical (unpaired) electrons. The molecule has 4 nitrogen and oxygen atoms in total. The summed E-state index contributed by atoms with van der Waals surface area (Å²) in [5.41, 5.74) is 3.35. The van der Waals surface area contributed by atoms with Gasteiger partial charge in [0, 0.05) is 30.5 Å². The summed E-state index contributed by atoms with van der Waals surface area (Å²) in [5.74, 6) is -2.41. The zero-order valence-corrected chi connectivity index (χ0v) is 18.8. The Kier molecular flexibility index (Phi) is 8.55. The number of aliphatic carboxylic acids is 1. The minimum Gasteiger partial charge on any atom is -0.481 e. The largest absolute Gasteiger partial charge is 0.481 e. The molecule has 166 valence electrons. The third-order valence-electron chi connectivity index (χ3n) is 5.80. The maximum absolute atomic E-state index is 13.2. The molecule has 3 atom stereocenters. The predicted octanol–water partition coefficient (Wildman–Crippen LogP) is 5.54. The Morgan fingerprint density at radius 2 is 1.65 bits per heavy atom. The van der Waals surface area contributed by atoms with Gasteiger partial charge in [0.15, 0.2) is 0 Å². The van der Waals surface area contributed by atoms with Crippen LogP contribution in [0.15, 0.2) is 60.7 Å². The number of hydrogen-bond acceptors (Lipinski definition) is 2. The lowest BCUT2D eigenvalue weighted by molar-refractivity contribution is -0.145.